The van der Waals surface area contributed by atoms with Crippen molar-refractivity contribution in [3.05, 3.63) is 34.9 Å². The number of amides is 2. The highest BCUT2D eigenvalue weighted by Crippen LogP contribution is 2.14. The van der Waals surface area contributed by atoms with Gasteiger partial charge in [-0.3, -0.25) is 9.59 Å². The summed E-state index contributed by atoms with van der Waals surface area (Å²) in [7, 11) is 0. The molecule has 0 bridgehead atoms. The van der Waals surface area contributed by atoms with Crippen molar-refractivity contribution in [3.8, 4) is 0 Å². The molecule has 1 aliphatic rings. The van der Waals surface area contributed by atoms with Crippen molar-refractivity contribution < 1.29 is 14.3 Å². The number of carbonyl (C=O) groups excluding carboxylic acids is 2. The standard InChI is InChI=1S/C15H19ClN2O3/c16-13-6-2-1-4-11(13)9-17-14(19)8-15(20)18-10-12-5-3-7-21-12/h1-2,4,6,12H,3,5,7-10H2,(H,17,19)(H,18,20). The number of hydrogen-bond acceptors (Lipinski definition) is 3. The zero-order valence-corrected chi connectivity index (χ0v) is 12.5. The van der Waals surface area contributed by atoms with Crippen LogP contribution < -0.4 is 10.6 Å². The van der Waals surface area contributed by atoms with Crippen LogP contribution >= 0.6 is 11.6 Å². The first-order chi connectivity index (χ1) is 10.1. The van der Waals surface area contributed by atoms with E-state index >= 15 is 0 Å². The summed E-state index contributed by atoms with van der Waals surface area (Å²) in [6.07, 6.45) is 1.88. The van der Waals surface area contributed by atoms with Crippen molar-refractivity contribution in [1.82, 2.24) is 10.6 Å². The normalized spacial score (nSPS) is 17.5. The monoisotopic (exact) mass is 310 g/mol. The van der Waals surface area contributed by atoms with Gasteiger partial charge < -0.3 is 15.4 Å². The molecule has 0 aromatic heterocycles. The maximum atomic E-state index is 11.7. The van der Waals surface area contributed by atoms with Gasteiger partial charge in [-0.1, -0.05) is 29.8 Å². The van der Waals surface area contributed by atoms with Crippen LogP contribution in [0, 0.1) is 0 Å². The minimum atomic E-state index is -0.320. The van der Waals surface area contributed by atoms with Gasteiger partial charge in [0, 0.05) is 24.7 Å². The van der Waals surface area contributed by atoms with Crippen LogP contribution in [-0.2, 0) is 20.9 Å². The molecular formula is C15H19ClN2O3. The van der Waals surface area contributed by atoms with Crippen molar-refractivity contribution in [3.63, 3.8) is 0 Å². The lowest BCUT2D eigenvalue weighted by Crippen LogP contribution is -2.35. The van der Waals surface area contributed by atoms with Crippen molar-refractivity contribution in [1.29, 1.82) is 0 Å². The van der Waals surface area contributed by atoms with E-state index in [-0.39, 0.29) is 24.3 Å². The van der Waals surface area contributed by atoms with Gasteiger partial charge in [0.2, 0.25) is 11.8 Å². The molecule has 2 amide bonds. The van der Waals surface area contributed by atoms with E-state index in [4.69, 9.17) is 16.3 Å². The first kappa shape index (κ1) is 15.8. The van der Waals surface area contributed by atoms with Gasteiger partial charge >= 0.3 is 0 Å². The average Bonchev–Trinajstić information content (AvgIpc) is 2.97. The minimum absolute atomic E-state index is 0.0835. The van der Waals surface area contributed by atoms with Crippen LogP contribution in [0.5, 0.6) is 0 Å². The number of rotatable bonds is 6. The largest absolute Gasteiger partial charge is 0.376 e. The molecule has 6 heteroatoms. The first-order valence-electron chi connectivity index (χ1n) is 7.03. The van der Waals surface area contributed by atoms with E-state index in [1.54, 1.807) is 6.07 Å². The first-order valence-corrected chi connectivity index (χ1v) is 7.41. The van der Waals surface area contributed by atoms with Crippen LogP contribution in [0.3, 0.4) is 0 Å². The maximum absolute atomic E-state index is 11.7. The lowest BCUT2D eigenvalue weighted by Gasteiger charge is -2.11. The molecule has 1 saturated heterocycles. The predicted octanol–water partition coefficient (Wildman–Crippen LogP) is 1.64. The van der Waals surface area contributed by atoms with E-state index in [1.807, 2.05) is 18.2 Å². The number of halogens is 1. The highest BCUT2D eigenvalue weighted by atomic mass is 35.5. The Labute approximate surface area is 129 Å². The number of ether oxygens (including phenoxy) is 1. The lowest BCUT2D eigenvalue weighted by atomic mass is 10.2. The Balaban J connectivity index is 1.66. The summed E-state index contributed by atoms with van der Waals surface area (Å²) >= 11 is 5.99. The summed E-state index contributed by atoms with van der Waals surface area (Å²) in [5, 5.41) is 6.00. The molecule has 0 saturated carbocycles. The number of carbonyl (C=O) groups is 2. The predicted molar refractivity (Wildman–Crippen MR) is 79.9 cm³/mol. The van der Waals surface area contributed by atoms with Gasteiger partial charge in [-0.15, -0.1) is 0 Å². The summed E-state index contributed by atoms with van der Waals surface area (Å²) in [4.78, 5) is 23.3. The Hall–Kier alpha value is -1.59. The minimum Gasteiger partial charge on any atom is -0.376 e. The van der Waals surface area contributed by atoms with E-state index in [0.717, 1.165) is 25.0 Å². The molecule has 21 heavy (non-hydrogen) atoms. The summed E-state index contributed by atoms with van der Waals surface area (Å²) in [5.41, 5.74) is 0.826. The Bertz CT molecular complexity index is 501. The highest BCUT2D eigenvalue weighted by Gasteiger charge is 2.17. The Morgan fingerprint density at radius 2 is 2.00 bits per heavy atom. The van der Waals surface area contributed by atoms with Gasteiger partial charge in [0.1, 0.15) is 6.42 Å². The Kier molecular flexibility index (Phi) is 6.02. The van der Waals surface area contributed by atoms with Crippen molar-refractivity contribution in [2.75, 3.05) is 13.2 Å². The molecule has 114 valence electrons. The number of hydrogen-bond donors (Lipinski definition) is 2. The topological polar surface area (TPSA) is 67.4 Å². The van der Waals surface area contributed by atoms with E-state index < -0.39 is 0 Å². The molecule has 0 spiro atoms. The lowest BCUT2D eigenvalue weighted by molar-refractivity contribution is -0.129. The molecule has 5 nitrogen and oxygen atoms in total. The van der Waals surface area contributed by atoms with Gasteiger partial charge in [-0.05, 0) is 24.5 Å². The van der Waals surface area contributed by atoms with Gasteiger partial charge in [0.25, 0.3) is 0 Å². The molecule has 2 N–H and O–H groups in total. The SMILES string of the molecule is O=C(CC(=O)NCC1CCCO1)NCc1ccccc1Cl. The molecule has 1 heterocycles. The quantitative estimate of drug-likeness (QED) is 0.785. The summed E-state index contributed by atoms with van der Waals surface area (Å²) in [5.74, 6) is -0.609. The zero-order chi connectivity index (χ0) is 15.1. The molecule has 1 aromatic carbocycles. The van der Waals surface area contributed by atoms with Crippen LogP contribution in [0.1, 0.15) is 24.8 Å². The fourth-order valence-electron chi connectivity index (χ4n) is 2.14. The zero-order valence-electron chi connectivity index (χ0n) is 11.7. The third-order valence-corrected chi connectivity index (χ3v) is 3.67. The molecule has 1 aliphatic heterocycles. The third-order valence-electron chi connectivity index (χ3n) is 3.31. The molecule has 1 aromatic rings. The van der Waals surface area contributed by atoms with Gasteiger partial charge in [-0.2, -0.15) is 0 Å². The molecule has 1 atom stereocenters. The van der Waals surface area contributed by atoms with Crippen LogP contribution in [0.25, 0.3) is 0 Å². The molecule has 2 rings (SSSR count). The molecule has 1 unspecified atom stereocenters. The second kappa shape index (κ2) is 8.00. The van der Waals surface area contributed by atoms with E-state index in [2.05, 4.69) is 10.6 Å². The fraction of sp³-hybridized carbons (Fsp3) is 0.467. The van der Waals surface area contributed by atoms with Crippen LogP contribution in [0.2, 0.25) is 5.02 Å². The average molecular weight is 311 g/mol. The smallest absolute Gasteiger partial charge is 0.229 e. The second-order valence-electron chi connectivity index (χ2n) is 4.98. The third kappa shape index (κ3) is 5.36. The van der Waals surface area contributed by atoms with Gasteiger partial charge in [0.05, 0.1) is 6.10 Å². The van der Waals surface area contributed by atoms with Crippen molar-refractivity contribution in [2.45, 2.75) is 31.9 Å². The second-order valence-corrected chi connectivity index (χ2v) is 5.39. The van der Waals surface area contributed by atoms with Gasteiger partial charge in [0.15, 0.2) is 0 Å². The number of benzene rings is 1. The Morgan fingerprint density at radius 3 is 2.71 bits per heavy atom. The van der Waals surface area contributed by atoms with E-state index in [9.17, 15) is 9.59 Å². The number of nitrogens with one attached hydrogen (secondary N) is 2. The van der Waals surface area contributed by atoms with Crippen LogP contribution in [0.15, 0.2) is 24.3 Å². The van der Waals surface area contributed by atoms with Crippen molar-refractivity contribution in [2.24, 2.45) is 0 Å². The molecular weight excluding hydrogens is 292 g/mol. The summed E-state index contributed by atoms with van der Waals surface area (Å²) in [6, 6.07) is 7.27. The molecule has 0 radical (unpaired) electrons. The fourth-order valence-corrected chi connectivity index (χ4v) is 2.34. The van der Waals surface area contributed by atoms with E-state index in [1.165, 1.54) is 0 Å². The van der Waals surface area contributed by atoms with E-state index in [0.29, 0.717) is 18.1 Å². The van der Waals surface area contributed by atoms with Crippen LogP contribution in [-0.4, -0.2) is 31.1 Å². The van der Waals surface area contributed by atoms with Crippen LogP contribution in [0.4, 0.5) is 0 Å². The highest BCUT2D eigenvalue weighted by molar-refractivity contribution is 6.31. The summed E-state index contributed by atoms with van der Waals surface area (Å²) in [6.45, 7) is 1.53. The maximum Gasteiger partial charge on any atom is 0.229 e. The molecule has 1 fully saturated rings. The van der Waals surface area contributed by atoms with Crippen molar-refractivity contribution >= 4 is 23.4 Å². The molecule has 0 aliphatic carbocycles. The Morgan fingerprint density at radius 1 is 1.24 bits per heavy atom. The summed E-state index contributed by atoms with van der Waals surface area (Å²) < 4.78 is 5.40. The van der Waals surface area contributed by atoms with Gasteiger partial charge in [-0.25, -0.2) is 0 Å².